The smallest absolute Gasteiger partial charge is 0.230 e. The average molecular weight is 221 g/mol. The maximum Gasteiger partial charge on any atom is 0.230 e. The summed E-state index contributed by atoms with van der Waals surface area (Å²) in [6, 6.07) is 0. The summed E-state index contributed by atoms with van der Waals surface area (Å²) < 4.78 is 5.39. The van der Waals surface area contributed by atoms with Gasteiger partial charge in [-0.05, 0) is 44.1 Å². The first-order valence-electron chi connectivity index (χ1n) is 6.39. The second kappa shape index (κ2) is 4.17. The molecule has 2 aliphatic carbocycles. The second-order valence-electron chi connectivity index (χ2n) is 5.23. The minimum atomic E-state index is 0.422. The van der Waals surface area contributed by atoms with Crippen LogP contribution >= 0.6 is 0 Å². The zero-order valence-electron chi connectivity index (χ0n) is 9.56. The van der Waals surface area contributed by atoms with Crippen LogP contribution in [-0.2, 0) is 6.42 Å². The van der Waals surface area contributed by atoms with Crippen LogP contribution in [0.5, 0.6) is 0 Å². The van der Waals surface area contributed by atoms with Gasteiger partial charge < -0.3 is 10.3 Å². The Bertz CT molecular complexity index is 359. The maximum atomic E-state index is 5.77. The zero-order chi connectivity index (χ0) is 11.0. The predicted octanol–water partition coefficient (Wildman–Crippen LogP) is 1.86. The molecule has 1 heterocycles. The molecule has 3 rings (SSSR count). The molecule has 2 fully saturated rings. The summed E-state index contributed by atoms with van der Waals surface area (Å²) in [6.07, 6.45) is 7.28. The van der Waals surface area contributed by atoms with E-state index >= 15 is 0 Å². The molecule has 16 heavy (non-hydrogen) atoms. The monoisotopic (exact) mass is 221 g/mol. The van der Waals surface area contributed by atoms with Crippen LogP contribution in [-0.4, -0.2) is 16.7 Å². The number of nitrogens with two attached hydrogens (primary N) is 1. The van der Waals surface area contributed by atoms with Crippen LogP contribution in [0.15, 0.2) is 4.52 Å². The van der Waals surface area contributed by atoms with E-state index in [-0.39, 0.29) is 0 Å². The average Bonchev–Trinajstić information content (AvgIpc) is 2.82. The van der Waals surface area contributed by atoms with Crippen LogP contribution in [0, 0.1) is 11.8 Å². The van der Waals surface area contributed by atoms with E-state index in [0.29, 0.717) is 11.8 Å². The fraction of sp³-hybridized carbons (Fsp3) is 0.833. The Balaban J connectivity index is 1.70. The van der Waals surface area contributed by atoms with Crippen LogP contribution in [0.25, 0.3) is 0 Å². The Hall–Kier alpha value is -0.900. The van der Waals surface area contributed by atoms with Gasteiger partial charge in [-0.25, -0.2) is 0 Å². The third kappa shape index (κ3) is 1.98. The van der Waals surface area contributed by atoms with Crippen LogP contribution in [0.2, 0.25) is 0 Å². The summed E-state index contributed by atoms with van der Waals surface area (Å²) in [5, 5.41) is 4.08. The van der Waals surface area contributed by atoms with Gasteiger partial charge in [0.1, 0.15) is 0 Å². The Kier molecular flexibility index (Phi) is 2.67. The molecular weight excluding hydrogens is 202 g/mol. The molecule has 0 amide bonds. The van der Waals surface area contributed by atoms with Gasteiger partial charge in [0.05, 0.1) is 0 Å². The molecule has 0 aromatic carbocycles. The molecular formula is C12H19N3O. The second-order valence-corrected chi connectivity index (χ2v) is 5.23. The van der Waals surface area contributed by atoms with Crippen LogP contribution < -0.4 is 5.73 Å². The summed E-state index contributed by atoms with van der Waals surface area (Å²) in [6.45, 7) is 0.741. The highest BCUT2D eigenvalue weighted by molar-refractivity contribution is 5.01. The Morgan fingerprint density at radius 2 is 2.12 bits per heavy atom. The van der Waals surface area contributed by atoms with Crippen molar-refractivity contribution in [1.82, 2.24) is 10.1 Å². The lowest BCUT2D eigenvalue weighted by Gasteiger charge is -2.12. The normalized spacial score (nSPS) is 29.8. The Morgan fingerprint density at radius 3 is 2.88 bits per heavy atom. The van der Waals surface area contributed by atoms with Gasteiger partial charge in [-0.1, -0.05) is 11.6 Å². The molecule has 88 valence electrons. The van der Waals surface area contributed by atoms with Crippen molar-refractivity contribution in [3.8, 4) is 0 Å². The first-order valence-corrected chi connectivity index (χ1v) is 6.39. The summed E-state index contributed by atoms with van der Waals surface area (Å²) in [5.74, 6) is 3.53. The standard InChI is InChI=1S/C12H19N3O/c13-7-9-2-1-3-10(9)12-14-11(15-16-12)6-8-4-5-8/h8-10H,1-7,13H2. The topological polar surface area (TPSA) is 64.9 Å². The molecule has 0 spiro atoms. The van der Waals surface area contributed by atoms with Crippen LogP contribution in [0.1, 0.15) is 49.7 Å². The van der Waals surface area contributed by atoms with E-state index < -0.39 is 0 Å². The van der Waals surface area contributed by atoms with Crippen molar-refractivity contribution >= 4 is 0 Å². The van der Waals surface area contributed by atoms with Gasteiger partial charge in [-0.15, -0.1) is 0 Å². The van der Waals surface area contributed by atoms with Gasteiger partial charge in [0, 0.05) is 12.3 Å². The third-order valence-electron chi connectivity index (χ3n) is 3.93. The molecule has 1 aromatic rings. The van der Waals surface area contributed by atoms with E-state index in [2.05, 4.69) is 10.1 Å². The van der Waals surface area contributed by atoms with Gasteiger partial charge in [0.25, 0.3) is 0 Å². The summed E-state index contributed by atoms with van der Waals surface area (Å²) in [7, 11) is 0. The highest BCUT2D eigenvalue weighted by Crippen LogP contribution is 2.38. The molecule has 2 unspecified atom stereocenters. The summed E-state index contributed by atoms with van der Waals surface area (Å²) >= 11 is 0. The van der Waals surface area contributed by atoms with E-state index in [1.165, 1.54) is 25.7 Å². The minimum Gasteiger partial charge on any atom is -0.339 e. The summed E-state index contributed by atoms with van der Waals surface area (Å²) in [5.41, 5.74) is 5.77. The first kappa shape index (κ1) is 10.3. The fourth-order valence-electron chi connectivity index (χ4n) is 2.73. The third-order valence-corrected chi connectivity index (χ3v) is 3.93. The van der Waals surface area contributed by atoms with Crippen molar-refractivity contribution in [2.45, 2.75) is 44.4 Å². The highest BCUT2D eigenvalue weighted by atomic mass is 16.5. The van der Waals surface area contributed by atoms with Gasteiger partial charge in [-0.2, -0.15) is 4.98 Å². The van der Waals surface area contributed by atoms with Crippen molar-refractivity contribution in [3.05, 3.63) is 11.7 Å². The predicted molar refractivity (Wildman–Crippen MR) is 59.9 cm³/mol. The maximum absolute atomic E-state index is 5.77. The molecule has 2 atom stereocenters. The zero-order valence-corrected chi connectivity index (χ0v) is 9.56. The van der Waals surface area contributed by atoms with E-state index in [1.54, 1.807) is 0 Å². The molecule has 2 N–H and O–H groups in total. The van der Waals surface area contributed by atoms with E-state index in [4.69, 9.17) is 10.3 Å². The Labute approximate surface area is 95.6 Å². The van der Waals surface area contributed by atoms with Gasteiger partial charge >= 0.3 is 0 Å². The Morgan fingerprint density at radius 1 is 1.25 bits per heavy atom. The lowest BCUT2D eigenvalue weighted by molar-refractivity contribution is 0.323. The van der Waals surface area contributed by atoms with E-state index in [0.717, 1.165) is 37.0 Å². The van der Waals surface area contributed by atoms with Crippen molar-refractivity contribution < 1.29 is 4.52 Å². The van der Waals surface area contributed by atoms with Crippen molar-refractivity contribution in [2.75, 3.05) is 6.54 Å². The molecule has 2 aliphatic rings. The largest absolute Gasteiger partial charge is 0.339 e. The van der Waals surface area contributed by atoms with Gasteiger partial charge in [0.15, 0.2) is 5.82 Å². The highest BCUT2D eigenvalue weighted by Gasteiger charge is 2.32. The number of nitrogens with zero attached hydrogens (tertiary/aromatic N) is 2. The number of hydrogen-bond acceptors (Lipinski definition) is 4. The SMILES string of the molecule is NCC1CCCC1c1nc(CC2CC2)no1. The van der Waals surface area contributed by atoms with Crippen LogP contribution in [0.4, 0.5) is 0 Å². The minimum absolute atomic E-state index is 0.422. The first-order chi connectivity index (χ1) is 7.86. The molecule has 2 saturated carbocycles. The van der Waals surface area contributed by atoms with Crippen molar-refractivity contribution in [2.24, 2.45) is 17.6 Å². The summed E-state index contributed by atoms with van der Waals surface area (Å²) in [4.78, 5) is 4.54. The fourth-order valence-corrected chi connectivity index (χ4v) is 2.73. The molecule has 4 heteroatoms. The molecule has 1 aromatic heterocycles. The molecule has 0 bridgehead atoms. The molecule has 0 aliphatic heterocycles. The van der Waals surface area contributed by atoms with Crippen LogP contribution in [0.3, 0.4) is 0 Å². The molecule has 4 nitrogen and oxygen atoms in total. The van der Waals surface area contributed by atoms with E-state index in [1.807, 2.05) is 0 Å². The number of rotatable bonds is 4. The van der Waals surface area contributed by atoms with E-state index in [9.17, 15) is 0 Å². The molecule has 0 radical (unpaired) electrons. The lowest BCUT2D eigenvalue weighted by atomic mass is 9.96. The quantitative estimate of drug-likeness (QED) is 0.842. The van der Waals surface area contributed by atoms with Gasteiger partial charge in [0.2, 0.25) is 5.89 Å². The van der Waals surface area contributed by atoms with Gasteiger partial charge in [-0.3, -0.25) is 0 Å². The van der Waals surface area contributed by atoms with Crippen molar-refractivity contribution in [1.29, 1.82) is 0 Å². The number of hydrogen-bond donors (Lipinski definition) is 1. The molecule has 0 saturated heterocycles. The lowest BCUT2D eigenvalue weighted by Crippen LogP contribution is -2.17. The number of aromatic nitrogens is 2. The van der Waals surface area contributed by atoms with Crippen molar-refractivity contribution in [3.63, 3.8) is 0 Å².